The molecule has 2 heterocycles. The van der Waals surface area contributed by atoms with E-state index in [0.717, 1.165) is 16.5 Å². The van der Waals surface area contributed by atoms with Crippen LogP contribution in [-0.2, 0) is 5.33 Å². The second-order valence-electron chi connectivity index (χ2n) is 4.92. The van der Waals surface area contributed by atoms with Gasteiger partial charge in [0.1, 0.15) is 0 Å². The van der Waals surface area contributed by atoms with Gasteiger partial charge in [-0.1, -0.05) is 58.4 Å². The minimum absolute atomic E-state index is 0.892. The van der Waals surface area contributed by atoms with E-state index in [4.69, 9.17) is 4.98 Å². The van der Waals surface area contributed by atoms with Gasteiger partial charge in [-0.25, -0.2) is 4.98 Å². The predicted octanol–water partition coefficient (Wildman–Crippen LogP) is 6.01. The first-order valence-corrected chi connectivity index (χ1v) is 8.73. The second kappa shape index (κ2) is 5.24. The number of alkyl halides is 1. The number of thiophene rings is 1. The molecular weight excluding hydrogens is 342 g/mol. The van der Waals surface area contributed by atoms with E-state index in [0.29, 0.717) is 0 Å². The average Bonchev–Trinajstić information content (AvgIpc) is 3.03. The number of halogens is 1. The Hall–Kier alpha value is -1.71. The summed E-state index contributed by atoms with van der Waals surface area (Å²) in [6, 6.07) is 21.2. The van der Waals surface area contributed by atoms with E-state index in [1.165, 1.54) is 25.9 Å². The van der Waals surface area contributed by atoms with Crippen molar-refractivity contribution in [2.45, 2.75) is 5.33 Å². The molecule has 0 amide bonds. The fraction of sp³-hybridized carbons (Fsp3) is 0.0556. The molecule has 2 aromatic carbocycles. The van der Waals surface area contributed by atoms with Crippen LogP contribution in [0.2, 0.25) is 0 Å². The maximum absolute atomic E-state index is 4.92. The molecule has 0 bridgehead atoms. The summed E-state index contributed by atoms with van der Waals surface area (Å²) in [5, 5.41) is 4.60. The molecule has 4 aromatic rings. The molecule has 4 rings (SSSR count). The van der Waals surface area contributed by atoms with E-state index >= 15 is 0 Å². The third-order valence-electron chi connectivity index (χ3n) is 3.64. The zero-order chi connectivity index (χ0) is 14.2. The first-order chi connectivity index (χ1) is 10.4. The van der Waals surface area contributed by atoms with Crippen LogP contribution < -0.4 is 0 Å². The molecule has 102 valence electrons. The van der Waals surface area contributed by atoms with Crippen LogP contribution in [0.15, 0.2) is 60.7 Å². The number of rotatable bonds is 2. The summed E-state index contributed by atoms with van der Waals surface area (Å²) >= 11 is 5.32. The first kappa shape index (κ1) is 13.0. The Bertz CT molecular complexity index is 942. The lowest BCUT2D eigenvalue weighted by Crippen LogP contribution is -1.87. The Morgan fingerprint density at radius 3 is 2.29 bits per heavy atom. The molecule has 21 heavy (non-hydrogen) atoms. The fourth-order valence-electron chi connectivity index (χ4n) is 2.67. The van der Waals surface area contributed by atoms with Crippen LogP contribution in [0.25, 0.3) is 32.2 Å². The summed E-state index contributed by atoms with van der Waals surface area (Å²) in [5.41, 5.74) is 2.14. The number of pyridine rings is 1. The third-order valence-corrected chi connectivity index (χ3v) is 5.70. The van der Waals surface area contributed by atoms with Gasteiger partial charge in [0.05, 0.1) is 16.1 Å². The average molecular weight is 354 g/mol. The number of aromatic nitrogens is 1. The molecule has 0 unspecified atom stereocenters. The highest BCUT2D eigenvalue weighted by Crippen LogP contribution is 2.35. The molecule has 0 N–H and O–H groups in total. The van der Waals surface area contributed by atoms with Crippen LogP contribution in [0, 0.1) is 0 Å². The largest absolute Gasteiger partial charge is 0.246 e. The van der Waals surface area contributed by atoms with Crippen molar-refractivity contribution >= 4 is 48.9 Å². The van der Waals surface area contributed by atoms with Crippen LogP contribution in [0.5, 0.6) is 0 Å². The summed E-state index contributed by atoms with van der Waals surface area (Å²) in [7, 11) is 0. The van der Waals surface area contributed by atoms with E-state index < -0.39 is 0 Å². The van der Waals surface area contributed by atoms with Crippen LogP contribution in [0.1, 0.15) is 4.88 Å². The zero-order valence-electron chi connectivity index (χ0n) is 11.2. The Kier molecular flexibility index (Phi) is 3.24. The predicted molar refractivity (Wildman–Crippen MR) is 95.2 cm³/mol. The monoisotopic (exact) mass is 353 g/mol. The van der Waals surface area contributed by atoms with Gasteiger partial charge in [-0.2, -0.15) is 0 Å². The molecule has 0 saturated carbocycles. The Balaban J connectivity index is 2.11. The van der Waals surface area contributed by atoms with Crippen molar-refractivity contribution in [2.75, 3.05) is 0 Å². The number of hydrogen-bond donors (Lipinski definition) is 0. The summed E-state index contributed by atoms with van der Waals surface area (Å²) in [5.74, 6) is 0. The van der Waals surface area contributed by atoms with Crippen molar-refractivity contribution in [3.05, 3.63) is 65.5 Å². The topological polar surface area (TPSA) is 12.9 Å². The summed E-state index contributed by atoms with van der Waals surface area (Å²) in [6.45, 7) is 0. The first-order valence-electron chi connectivity index (χ1n) is 6.79. The molecule has 3 heteroatoms. The molecule has 0 atom stereocenters. The van der Waals surface area contributed by atoms with E-state index in [2.05, 4.69) is 70.5 Å². The summed E-state index contributed by atoms with van der Waals surface area (Å²) in [4.78, 5) is 7.47. The van der Waals surface area contributed by atoms with Crippen molar-refractivity contribution in [1.29, 1.82) is 0 Å². The van der Waals surface area contributed by atoms with Gasteiger partial charge in [-0.05, 0) is 23.6 Å². The molecule has 0 fully saturated rings. The molecule has 0 saturated heterocycles. The van der Waals surface area contributed by atoms with E-state index in [-0.39, 0.29) is 0 Å². The van der Waals surface area contributed by atoms with Gasteiger partial charge in [0.2, 0.25) is 0 Å². The minimum atomic E-state index is 0.892. The number of para-hydroxylation sites is 1. The lowest BCUT2D eigenvalue weighted by atomic mass is 10.0. The molecule has 0 aliphatic rings. The van der Waals surface area contributed by atoms with Gasteiger partial charge in [0.15, 0.2) is 0 Å². The normalized spacial score (nSPS) is 11.3. The highest BCUT2D eigenvalue weighted by atomic mass is 79.9. The summed E-state index contributed by atoms with van der Waals surface area (Å²) < 4.78 is 0. The number of hydrogen-bond acceptors (Lipinski definition) is 2. The van der Waals surface area contributed by atoms with Gasteiger partial charge in [-0.3, -0.25) is 0 Å². The number of nitrogens with zero attached hydrogens (tertiary/aromatic N) is 1. The molecule has 2 aromatic heterocycles. The maximum Gasteiger partial charge on any atom is 0.0887 e. The highest BCUT2D eigenvalue weighted by molar-refractivity contribution is 9.08. The van der Waals surface area contributed by atoms with Crippen molar-refractivity contribution in [2.24, 2.45) is 0 Å². The summed E-state index contributed by atoms with van der Waals surface area (Å²) in [6.07, 6.45) is 0. The smallest absolute Gasteiger partial charge is 0.0887 e. The lowest BCUT2D eigenvalue weighted by Gasteiger charge is -2.08. The van der Waals surface area contributed by atoms with Crippen molar-refractivity contribution in [3.63, 3.8) is 0 Å². The lowest BCUT2D eigenvalue weighted by molar-refractivity contribution is 1.45. The van der Waals surface area contributed by atoms with Crippen LogP contribution >= 0.6 is 27.3 Å². The maximum atomic E-state index is 4.92. The van der Waals surface area contributed by atoms with Crippen molar-refractivity contribution in [1.82, 2.24) is 4.98 Å². The van der Waals surface area contributed by atoms with Crippen LogP contribution in [-0.4, -0.2) is 4.98 Å². The van der Waals surface area contributed by atoms with E-state index in [1.807, 2.05) is 6.07 Å². The van der Waals surface area contributed by atoms with E-state index in [9.17, 15) is 0 Å². The highest BCUT2D eigenvalue weighted by Gasteiger charge is 2.11. The molecule has 0 spiro atoms. The second-order valence-corrected chi connectivity index (χ2v) is 6.65. The number of fused-ring (bicyclic) bond motifs is 3. The molecule has 0 radical (unpaired) electrons. The quantitative estimate of drug-likeness (QED) is 0.317. The van der Waals surface area contributed by atoms with Gasteiger partial charge in [-0.15, -0.1) is 11.3 Å². The van der Waals surface area contributed by atoms with Crippen LogP contribution in [0.4, 0.5) is 0 Å². The minimum Gasteiger partial charge on any atom is -0.246 e. The van der Waals surface area contributed by atoms with Crippen molar-refractivity contribution in [3.8, 4) is 10.6 Å². The fourth-order valence-corrected chi connectivity index (χ4v) is 4.06. The SMILES string of the molecule is BrCc1ccc(-c2nc3ccccc3c3ccccc23)s1. The molecule has 0 aliphatic carbocycles. The standard InChI is InChI=1S/C18H12BrNS/c19-11-12-9-10-17(21-12)18-15-7-2-1-5-13(15)14-6-3-4-8-16(14)20-18/h1-10H,11H2. The van der Waals surface area contributed by atoms with Crippen molar-refractivity contribution < 1.29 is 0 Å². The van der Waals surface area contributed by atoms with Gasteiger partial charge in [0.25, 0.3) is 0 Å². The van der Waals surface area contributed by atoms with Gasteiger partial charge >= 0.3 is 0 Å². The van der Waals surface area contributed by atoms with Crippen LogP contribution in [0.3, 0.4) is 0 Å². The molecular formula is C18H12BrNS. The number of benzene rings is 2. The zero-order valence-corrected chi connectivity index (χ0v) is 13.6. The van der Waals surface area contributed by atoms with Gasteiger partial charge < -0.3 is 0 Å². The Morgan fingerprint density at radius 1 is 0.810 bits per heavy atom. The Labute approximate surface area is 135 Å². The molecule has 0 aliphatic heterocycles. The van der Waals surface area contributed by atoms with Gasteiger partial charge in [0, 0.05) is 21.0 Å². The third kappa shape index (κ3) is 2.17. The Morgan fingerprint density at radius 2 is 1.52 bits per heavy atom. The van der Waals surface area contributed by atoms with E-state index in [1.54, 1.807) is 11.3 Å². The molecule has 1 nitrogen and oxygen atoms in total.